The van der Waals surface area contributed by atoms with Crippen molar-refractivity contribution >= 4 is 27.5 Å². The number of hydrogen-bond donors (Lipinski definition) is 2. The molecule has 0 fully saturated rings. The largest absolute Gasteiger partial charge is 0.357 e. The van der Waals surface area contributed by atoms with Crippen LogP contribution in [0.1, 0.15) is 26.5 Å². The Morgan fingerprint density at radius 2 is 2.20 bits per heavy atom. The van der Waals surface area contributed by atoms with Crippen LogP contribution in [0.2, 0.25) is 0 Å². The van der Waals surface area contributed by atoms with Gasteiger partial charge in [-0.1, -0.05) is 0 Å². The van der Waals surface area contributed by atoms with Gasteiger partial charge in [-0.15, -0.1) is 0 Å². The van der Waals surface area contributed by atoms with E-state index in [-0.39, 0.29) is 0 Å². The number of nitrogens with zero attached hydrogens (tertiary/aromatic N) is 3. The van der Waals surface area contributed by atoms with Crippen LogP contribution in [0.5, 0.6) is 0 Å². The minimum atomic E-state index is 0.352. The van der Waals surface area contributed by atoms with Crippen LogP contribution in [-0.2, 0) is 6.54 Å². The molecule has 0 saturated heterocycles. The summed E-state index contributed by atoms with van der Waals surface area (Å²) < 4.78 is 3.03. The lowest BCUT2D eigenvalue weighted by Gasteiger charge is -2.13. The lowest BCUT2D eigenvalue weighted by molar-refractivity contribution is 0.700. The molecule has 20 heavy (non-hydrogen) atoms. The molecule has 2 rings (SSSR count). The fraction of sp³-hybridized carbons (Fsp3) is 0.429. The van der Waals surface area contributed by atoms with E-state index in [4.69, 9.17) is 0 Å². The van der Waals surface area contributed by atoms with Gasteiger partial charge in [0.25, 0.3) is 0 Å². The molecule has 0 atom stereocenters. The maximum Gasteiger partial charge on any atom is 0.191 e. The average Bonchev–Trinajstić information content (AvgIpc) is 2.77. The first-order chi connectivity index (χ1) is 9.58. The molecule has 0 spiro atoms. The Bertz CT molecular complexity index is 603. The van der Waals surface area contributed by atoms with Gasteiger partial charge in [0, 0.05) is 29.5 Å². The number of nitrogens with one attached hydrogen (secondary N) is 2. The maximum absolute atomic E-state index is 4.55. The van der Waals surface area contributed by atoms with Crippen LogP contribution >= 0.6 is 15.9 Å². The van der Waals surface area contributed by atoms with Crippen LogP contribution in [0.4, 0.5) is 0 Å². The summed E-state index contributed by atoms with van der Waals surface area (Å²) in [6.07, 6.45) is 4.00. The number of aliphatic imine (C=N–C) groups is 1. The molecular formula is C14H20BrN5. The Labute approximate surface area is 127 Å². The monoisotopic (exact) mass is 337 g/mol. The fourth-order valence-corrected chi connectivity index (χ4v) is 2.20. The molecule has 0 radical (unpaired) electrons. The van der Waals surface area contributed by atoms with Crippen molar-refractivity contribution in [2.45, 2.75) is 33.4 Å². The highest BCUT2D eigenvalue weighted by Gasteiger charge is 2.03. The van der Waals surface area contributed by atoms with Gasteiger partial charge in [0.2, 0.25) is 0 Å². The molecule has 0 amide bonds. The summed E-state index contributed by atoms with van der Waals surface area (Å²) in [5.41, 5.74) is 1.88. The molecule has 0 aliphatic rings. The number of halogens is 1. The van der Waals surface area contributed by atoms with Gasteiger partial charge < -0.3 is 15.0 Å². The Balaban J connectivity index is 2.13. The van der Waals surface area contributed by atoms with Crippen LogP contribution in [0.25, 0.3) is 5.65 Å². The highest BCUT2D eigenvalue weighted by atomic mass is 79.9. The van der Waals surface area contributed by atoms with Gasteiger partial charge >= 0.3 is 0 Å². The number of aromatic nitrogens is 2. The third-order valence-electron chi connectivity index (χ3n) is 2.63. The molecule has 0 aliphatic heterocycles. The Morgan fingerprint density at radius 3 is 2.90 bits per heavy atom. The summed E-state index contributed by atoms with van der Waals surface area (Å²) in [4.78, 5) is 9.09. The summed E-state index contributed by atoms with van der Waals surface area (Å²) in [5.74, 6) is 0.820. The molecular weight excluding hydrogens is 318 g/mol. The summed E-state index contributed by atoms with van der Waals surface area (Å²) in [6, 6.07) is 4.32. The summed E-state index contributed by atoms with van der Waals surface area (Å²) in [6.45, 7) is 7.64. The number of fused-ring (bicyclic) bond motifs is 1. The van der Waals surface area contributed by atoms with Crippen molar-refractivity contribution in [2.24, 2.45) is 4.99 Å². The van der Waals surface area contributed by atoms with Gasteiger partial charge in [-0.2, -0.15) is 0 Å². The van der Waals surface area contributed by atoms with E-state index >= 15 is 0 Å². The normalized spacial score (nSPS) is 12.2. The van der Waals surface area contributed by atoms with E-state index in [0.717, 1.165) is 28.3 Å². The molecule has 108 valence electrons. The van der Waals surface area contributed by atoms with Gasteiger partial charge in [-0.25, -0.2) is 9.98 Å². The first-order valence-corrected chi connectivity index (χ1v) is 7.55. The van der Waals surface area contributed by atoms with Crippen LogP contribution in [0, 0.1) is 0 Å². The first kappa shape index (κ1) is 14.8. The topological polar surface area (TPSA) is 53.7 Å². The third kappa shape index (κ3) is 3.96. The average molecular weight is 338 g/mol. The molecule has 2 N–H and O–H groups in total. The number of imidazole rings is 1. The van der Waals surface area contributed by atoms with Crippen molar-refractivity contribution in [3.05, 3.63) is 34.7 Å². The molecule has 2 aromatic rings. The van der Waals surface area contributed by atoms with Gasteiger partial charge in [-0.05, 0) is 48.8 Å². The van der Waals surface area contributed by atoms with Gasteiger partial charge in [0.1, 0.15) is 5.65 Å². The first-order valence-electron chi connectivity index (χ1n) is 6.76. The van der Waals surface area contributed by atoms with E-state index in [0.29, 0.717) is 12.6 Å². The van der Waals surface area contributed by atoms with Crippen molar-refractivity contribution in [1.29, 1.82) is 0 Å². The zero-order valence-corrected chi connectivity index (χ0v) is 13.6. The van der Waals surface area contributed by atoms with Crippen LogP contribution in [0.15, 0.2) is 34.0 Å². The lowest BCUT2D eigenvalue weighted by Crippen LogP contribution is -2.41. The quantitative estimate of drug-likeness (QED) is 0.665. The predicted molar refractivity (Wildman–Crippen MR) is 86.0 cm³/mol. The van der Waals surface area contributed by atoms with Crippen LogP contribution in [0.3, 0.4) is 0 Å². The van der Waals surface area contributed by atoms with Crippen LogP contribution < -0.4 is 10.6 Å². The second-order valence-electron chi connectivity index (χ2n) is 4.84. The summed E-state index contributed by atoms with van der Waals surface area (Å²) in [5, 5.41) is 6.51. The predicted octanol–water partition coefficient (Wildman–Crippen LogP) is 2.56. The SMILES string of the molecule is CCNC(=NCc1cn2cc(Br)ccc2n1)NC(C)C. The third-order valence-corrected chi connectivity index (χ3v) is 3.10. The maximum atomic E-state index is 4.55. The van der Waals surface area contributed by atoms with Crippen molar-refractivity contribution in [2.75, 3.05) is 6.54 Å². The molecule has 0 aromatic carbocycles. The van der Waals surface area contributed by atoms with Crippen molar-refractivity contribution in [1.82, 2.24) is 20.0 Å². The smallest absolute Gasteiger partial charge is 0.191 e. The van der Waals surface area contributed by atoms with E-state index in [2.05, 4.69) is 57.3 Å². The van der Waals surface area contributed by atoms with E-state index in [1.54, 1.807) is 0 Å². The minimum Gasteiger partial charge on any atom is -0.357 e. The van der Waals surface area contributed by atoms with Crippen molar-refractivity contribution < 1.29 is 0 Å². The van der Waals surface area contributed by atoms with Crippen molar-refractivity contribution in [3.63, 3.8) is 0 Å². The molecule has 0 bridgehead atoms. The van der Waals surface area contributed by atoms with Gasteiger partial charge in [0.05, 0.1) is 12.2 Å². The number of hydrogen-bond acceptors (Lipinski definition) is 2. The van der Waals surface area contributed by atoms with E-state index < -0.39 is 0 Å². The number of pyridine rings is 1. The van der Waals surface area contributed by atoms with Crippen molar-refractivity contribution in [3.8, 4) is 0 Å². The molecule has 0 saturated carbocycles. The fourth-order valence-electron chi connectivity index (χ4n) is 1.85. The Hall–Kier alpha value is -1.56. The second kappa shape index (κ2) is 6.74. The number of guanidine groups is 1. The molecule has 2 aromatic heterocycles. The minimum absolute atomic E-state index is 0.352. The Morgan fingerprint density at radius 1 is 1.40 bits per heavy atom. The van der Waals surface area contributed by atoms with E-state index in [1.165, 1.54) is 0 Å². The molecule has 0 unspecified atom stereocenters. The lowest BCUT2D eigenvalue weighted by atomic mass is 10.4. The van der Waals surface area contributed by atoms with Crippen LogP contribution in [-0.4, -0.2) is 27.9 Å². The second-order valence-corrected chi connectivity index (χ2v) is 5.75. The summed E-state index contributed by atoms with van der Waals surface area (Å²) >= 11 is 3.46. The summed E-state index contributed by atoms with van der Waals surface area (Å²) in [7, 11) is 0. The van der Waals surface area contributed by atoms with Gasteiger partial charge in [-0.3, -0.25) is 0 Å². The van der Waals surface area contributed by atoms with E-state index in [1.807, 2.05) is 28.9 Å². The van der Waals surface area contributed by atoms with E-state index in [9.17, 15) is 0 Å². The highest BCUT2D eigenvalue weighted by Crippen LogP contribution is 2.12. The zero-order valence-electron chi connectivity index (χ0n) is 12.0. The molecule has 5 nitrogen and oxygen atoms in total. The molecule has 2 heterocycles. The highest BCUT2D eigenvalue weighted by molar-refractivity contribution is 9.10. The zero-order chi connectivity index (χ0) is 14.5. The Kier molecular flexibility index (Phi) is 5.00. The number of rotatable bonds is 4. The molecule has 6 heteroatoms. The van der Waals surface area contributed by atoms with Gasteiger partial charge in [0.15, 0.2) is 5.96 Å². The molecule has 0 aliphatic carbocycles. The standard InChI is InChI=1S/C14H20BrN5/c1-4-16-14(18-10(2)3)17-7-12-9-20-8-11(15)5-6-13(20)19-12/h5-6,8-10H,4,7H2,1-3H3,(H2,16,17,18).